The summed E-state index contributed by atoms with van der Waals surface area (Å²) >= 11 is 2.80. The van der Waals surface area contributed by atoms with Gasteiger partial charge in [-0.25, -0.2) is 9.78 Å². The molecule has 3 rings (SSSR count). The number of rotatable bonds is 3. The van der Waals surface area contributed by atoms with Crippen LogP contribution in [0.1, 0.15) is 27.2 Å². The minimum absolute atomic E-state index is 0.150. The number of anilines is 1. The van der Waals surface area contributed by atoms with Crippen molar-refractivity contribution in [3.63, 3.8) is 0 Å². The molecule has 1 aliphatic rings. The summed E-state index contributed by atoms with van der Waals surface area (Å²) in [6.45, 7) is 3.24. The van der Waals surface area contributed by atoms with Crippen molar-refractivity contribution in [2.24, 2.45) is 0 Å². The minimum Gasteiger partial charge on any atom is -0.450 e. The first-order valence-electron chi connectivity index (χ1n) is 6.92. The zero-order valence-electron chi connectivity index (χ0n) is 12.0. The second-order valence-corrected chi connectivity index (χ2v) is 6.72. The van der Waals surface area contributed by atoms with Crippen LogP contribution in [0.3, 0.4) is 0 Å². The Morgan fingerprint density at radius 2 is 2.36 bits per heavy atom. The molecule has 0 aromatic carbocycles. The first-order chi connectivity index (χ1) is 10.7. The Hall–Kier alpha value is -1.93. The Balaban J connectivity index is 1.68. The Labute approximate surface area is 135 Å². The molecule has 6 nitrogen and oxygen atoms in total. The van der Waals surface area contributed by atoms with Crippen LogP contribution >= 0.6 is 22.7 Å². The van der Waals surface area contributed by atoms with Crippen molar-refractivity contribution >= 4 is 39.8 Å². The summed E-state index contributed by atoms with van der Waals surface area (Å²) in [5.74, 6) is -0.150. The number of nitrogens with one attached hydrogen (secondary N) is 1. The van der Waals surface area contributed by atoms with E-state index in [1.165, 1.54) is 22.7 Å². The maximum absolute atomic E-state index is 12.0. The average molecular weight is 337 g/mol. The lowest BCUT2D eigenvalue weighted by molar-refractivity contribution is 0.102. The molecule has 0 bridgehead atoms. The van der Waals surface area contributed by atoms with Crippen molar-refractivity contribution in [3.05, 3.63) is 33.0 Å². The van der Waals surface area contributed by atoms with Crippen molar-refractivity contribution in [2.75, 3.05) is 18.5 Å². The smallest absolute Gasteiger partial charge is 0.410 e. The van der Waals surface area contributed by atoms with Gasteiger partial charge in [-0.2, -0.15) is 0 Å². The van der Waals surface area contributed by atoms with Gasteiger partial charge in [0.1, 0.15) is 0 Å². The van der Waals surface area contributed by atoms with Crippen molar-refractivity contribution in [3.8, 4) is 0 Å². The normalized spacial score (nSPS) is 13.6. The molecule has 2 aromatic rings. The molecule has 2 aromatic heterocycles. The molecule has 0 radical (unpaired) electrons. The standard InChI is InChI=1S/C14H15N3O3S2/c1-2-20-14(19)17-6-5-9-11(8-17)22-13(15-9)16-12(18)10-4-3-7-21-10/h3-4,7H,2,5-6,8H2,1H3,(H,15,16,18). The van der Waals surface area contributed by atoms with Crippen molar-refractivity contribution in [1.82, 2.24) is 9.88 Å². The molecule has 0 atom stereocenters. The number of hydrogen-bond donors (Lipinski definition) is 1. The van der Waals surface area contributed by atoms with Crippen LogP contribution in [-0.4, -0.2) is 35.0 Å². The number of thiazole rings is 1. The van der Waals surface area contributed by atoms with Crippen LogP contribution in [0.2, 0.25) is 0 Å². The SMILES string of the molecule is CCOC(=O)N1CCc2nc(NC(=O)c3cccs3)sc2C1. The number of hydrogen-bond acceptors (Lipinski definition) is 6. The Morgan fingerprint density at radius 3 is 3.09 bits per heavy atom. The minimum atomic E-state index is -0.300. The lowest BCUT2D eigenvalue weighted by Gasteiger charge is -2.24. The highest BCUT2D eigenvalue weighted by Crippen LogP contribution is 2.29. The van der Waals surface area contributed by atoms with E-state index in [0.717, 1.165) is 10.6 Å². The third-order valence-electron chi connectivity index (χ3n) is 3.22. The fraction of sp³-hybridized carbons (Fsp3) is 0.357. The van der Waals surface area contributed by atoms with E-state index in [2.05, 4.69) is 10.3 Å². The zero-order valence-corrected chi connectivity index (χ0v) is 13.6. The zero-order chi connectivity index (χ0) is 15.5. The third-order valence-corrected chi connectivity index (χ3v) is 5.09. The predicted octanol–water partition coefficient (Wildman–Crippen LogP) is 2.97. The molecular weight excluding hydrogens is 322 g/mol. The van der Waals surface area contributed by atoms with E-state index in [0.29, 0.717) is 36.1 Å². The van der Waals surface area contributed by atoms with Crippen LogP contribution in [0.25, 0.3) is 0 Å². The number of ether oxygens (including phenoxy) is 1. The fourth-order valence-electron chi connectivity index (χ4n) is 2.19. The molecule has 0 unspecified atom stereocenters. The van der Waals surface area contributed by atoms with Crippen molar-refractivity contribution in [2.45, 2.75) is 19.9 Å². The van der Waals surface area contributed by atoms with E-state index >= 15 is 0 Å². The molecule has 22 heavy (non-hydrogen) atoms. The molecule has 1 N–H and O–H groups in total. The van der Waals surface area contributed by atoms with Crippen LogP contribution in [-0.2, 0) is 17.7 Å². The molecule has 0 aliphatic carbocycles. The van der Waals surface area contributed by atoms with Gasteiger partial charge >= 0.3 is 6.09 Å². The van der Waals surface area contributed by atoms with E-state index in [1.54, 1.807) is 17.9 Å². The van der Waals surface area contributed by atoms with Crippen LogP contribution < -0.4 is 5.32 Å². The van der Waals surface area contributed by atoms with E-state index in [1.807, 2.05) is 11.4 Å². The van der Waals surface area contributed by atoms with Crippen molar-refractivity contribution in [1.29, 1.82) is 0 Å². The molecule has 116 valence electrons. The molecule has 0 saturated heterocycles. The summed E-state index contributed by atoms with van der Waals surface area (Å²) in [4.78, 5) is 31.6. The first-order valence-corrected chi connectivity index (χ1v) is 8.62. The lowest BCUT2D eigenvalue weighted by atomic mass is 10.2. The summed E-state index contributed by atoms with van der Waals surface area (Å²) in [5, 5.41) is 5.25. The largest absolute Gasteiger partial charge is 0.450 e. The maximum atomic E-state index is 12.0. The predicted molar refractivity (Wildman–Crippen MR) is 85.5 cm³/mol. The van der Waals surface area contributed by atoms with Gasteiger partial charge in [-0.1, -0.05) is 17.4 Å². The number of amides is 2. The molecule has 0 spiro atoms. The number of nitrogens with zero attached hydrogens (tertiary/aromatic N) is 2. The summed E-state index contributed by atoms with van der Waals surface area (Å²) in [5.41, 5.74) is 0.951. The first kappa shape index (κ1) is 15.0. The monoisotopic (exact) mass is 337 g/mol. The third kappa shape index (κ3) is 3.12. The van der Waals surface area contributed by atoms with Gasteiger partial charge in [0.25, 0.3) is 5.91 Å². The van der Waals surface area contributed by atoms with Gasteiger partial charge in [-0.3, -0.25) is 10.1 Å². The number of thiophene rings is 1. The van der Waals surface area contributed by atoms with Gasteiger partial charge in [0, 0.05) is 17.8 Å². The quantitative estimate of drug-likeness (QED) is 0.935. The van der Waals surface area contributed by atoms with Gasteiger partial charge < -0.3 is 9.64 Å². The van der Waals surface area contributed by atoms with Crippen LogP contribution in [0.4, 0.5) is 9.93 Å². The molecule has 0 fully saturated rings. The summed E-state index contributed by atoms with van der Waals surface area (Å²) in [7, 11) is 0. The van der Waals surface area contributed by atoms with Crippen LogP contribution in [0.5, 0.6) is 0 Å². The number of carbonyl (C=O) groups excluding carboxylic acids is 2. The van der Waals surface area contributed by atoms with Gasteiger partial charge in [-0.15, -0.1) is 11.3 Å². The fourth-order valence-corrected chi connectivity index (χ4v) is 3.82. The number of aromatic nitrogens is 1. The number of fused-ring (bicyclic) bond motifs is 1. The molecule has 3 heterocycles. The van der Waals surface area contributed by atoms with Gasteiger partial charge in [-0.05, 0) is 18.4 Å². The highest BCUT2D eigenvalue weighted by Gasteiger charge is 2.25. The molecule has 8 heteroatoms. The van der Waals surface area contributed by atoms with Crippen LogP contribution in [0.15, 0.2) is 17.5 Å². The van der Waals surface area contributed by atoms with Crippen molar-refractivity contribution < 1.29 is 14.3 Å². The summed E-state index contributed by atoms with van der Waals surface area (Å²) in [6.07, 6.45) is 0.380. The van der Waals surface area contributed by atoms with E-state index in [9.17, 15) is 9.59 Å². The Bertz CT molecular complexity index is 682. The molecular formula is C14H15N3O3S2. The second kappa shape index (κ2) is 6.45. The van der Waals surface area contributed by atoms with Gasteiger partial charge in [0.05, 0.1) is 23.7 Å². The van der Waals surface area contributed by atoms with E-state index < -0.39 is 0 Å². The highest BCUT2D eigenvalue weighted by molar-refractivity contribution is 7.16. The van der Waals surface area contributed by atoms with E-state index in [4.69, 9.17) is 4.74 Å². The highest BCUT2D eigenvalue weighted by atomic mass is 32.1. The average Bonchev–Trinajstić information content (AvgIpc) is 3.15. The van der Waals surface area contributed by atoms with Gasteiger partial charge in [0.15, 0.2) is 5.13 Å². The lowest BCUT2D eigenvalue weighted by Crippen LogP contribution is -2.35. The number of carbonyl (C=O) groups is 2. The van der Waals surface area contributed by atoms with Gasteiger partial charge in [0.2, 0.25) is 0 Å². The Morgan fingerprint density at radius 1 is 1.50 bits per heavy atom. The van der Waals surface area contributed by atoms with E-state index in [-0.39, 0.29) is 12.0 Å². The Kier molecular flexibility index (Phi) is 4.39. The summed E-state index contributed by atoms with van der Waals surface area (Å²) in [6, 6.07) is 3.61. The second-order valence-electron chi connectivity index (χ2n) is 4.69. The maximum Gasteiger partial charge on any atom is 0.410 e. The molecule has 1 aliphatic heterocycles. The van der Waals surface area contributed by atoms with Crippen LogP contribution in [0, 0.1) is 0 Å². The summed E-state index contributed by atoms with van der Waals surface area (Å²) < 4.78 is 5.02. The topological polar surface area (TPSA) is 71.5 Å². The molecule has 2 amide bonds. The molecule has 0 saturated carbocycles.